The number of anilines is 1. The average molecular weight is 540 g/mol. The molecule has 2 aromatic carbocycles. The molecule has 1 atom stereocenters. The molecule has 10 nitrogen and oxygen atoms in total. The van der Waals surface area contributed by atoms with E-state index in [4.69, 9.17) is 20.3 Å². The van der Waals surface area contributed by atoms with E-state index < -0.39 is 0 Å². The maximum atomic E-state index is 13.1. The molecule has 0 saturated carbocycles. The first kappa shape index (κ1) is 26.0. The molecule has 2 aromatic heterocycles. The zero-order chi connectivity index (χ0) is 27.3. The van der Waals surface area contributed by atoms with Gasteiger partial charge in [-0.3, -0.25) is 9.69 Å². The fourth-order valence-corrected chi connectivity index (χ4v) is 5.36. The zero-order valence-electron chi connectivity index (χ0n) is 22.4. The van der Waals surface area contributed by atoms with Crippen LogP contribution in [0, 0.1) is 0 Å². The number of ether oxygens (including phenoxy) is 2. The van der Waals surface area contributed by atoms with Crippen LogP contribution < -0.4 is 10.5 Å². The van der Waals surface area contributed by atoms with Crippen molar-refractivity contribution in [3.63, 3.8) is 0 Å². The molecule has 0 bridgehead atoms. The van der Waals surface area contributed by atoms with Crippen LogP contribution >= 0.6 is 0 Å². The van der Waals surface area contributed by atoms with Gasteiger partial charge in [-0.2, -0.15) is 5.10 Å². The van der Waals surface area contributed by atoms with E-state index in [2.05, 4.69) is 14.9 Å². The van der Waals surface area contributed by atoms with E-state index in [0.29, 0.717) is 29.1 Å². The third kappa shape index (κ3) is 5.68. The molecule has 206 valence electrons. The highest BCUT2D eigenvalue weighted by Crippen LogP contribution is 2.33. The molecule has 4 aromatic rings. The molecule has 2 aliphatic rings. The predicted molar refractivity (Wildman–Crippen MR) is 153 cm³/mol. The molecule has 10 heteroatoms. The quantitative estimate of drug-likeness (QED) is 0.337. The number of hydrogen-bond acceptors (Lipinski definition) is 8. The Morgan fingerprint density at radius 3 is 2.60 bits per heavy atom. The Bertz CT molecular complexity index is 1480. The number of carbonyl (C=O) groups is 1. The number of morpholine rings is 1. The number of hydrogen-bond donors (Lipinski definition) is 1. The van der Waals surface area contributed by atoms with E-state index in [9.17, 15) is 4.79 Å². The van der Waals surface area contributed by atoms with Gasteiger partial charge in [0.05, 0.1) is 31.2 Å². The summed E-state index contributed by atoms with van der Waals surface area (Å²) in [6.07, 6.45) is 7.00. The van der Waals surface area contributed by atoms with Gasteiger partial charge in [0.25, 0.3) is 0 Å². The zero-order valence-corrected chi connectivity index (χ0v) is 22.4. The lowest BCUT2D eigenvalue weighted by molar-refractivity contribution is -0.127. The van der Waals surface area contributed by atoms with E-state index in [-0.39, 0.29) is 11.9 Å². The molecule has 2 aliphatic heterocycles. The number of nitrogens with zero attached hydrogens (tertiary/aromatic N) is 6. The summed E-state index contributed by atoms with van der Waals surface area (Å²) in [6, 6.07) is 17.4. The first-order valence-electron chi connectivity index (χ1n) is 13.7. The number of para-hydroxylation sites is 1. The maximum Gasteiger partial charge on any atom is 0.246 e. The Balaban J connectivity index is 1.20. The first-order chi connectivity index (χ1) is 19.7. The average Bonchev–Trinajstić information content (AvgIpc) is 3.60. The Kier molecular flexibility index (Phi) is 7.69. The van der Waals surface area contributed by atoms with E-state index in [0.717, 1.165) is 69.3 Å². The number of carbonyl (C=O) groups excluding carboxylic acids is 1. The Morgan fingerprint density at radius 1 is 1.02 bits per heavy atom. The predicted octanol–water partition coefficient (Wildman–Crippen LogP) is 3.75. The highest BCUT2D eigenvalue weighted by molar-refractivity contribution is 5.98. The van der Waals surface area contributed by atoms with Gasteiger partial charge < -0.3 is 20.1 Å². The van der Waals surface area contributed by atoms with Crippen LogP contribution in [0.2, 0.25) is 0 Å². The highest BCUT2D eigenvalue weighted by Gasteiger charge is 2.29. The Morgan fingerprint density at radius 2 is 1.80 bits per heavy atom. The van der Waals surface area contributed by atoms with Gasteiger partial charge in [-0.1, -0.05) is 24.3 Å². The molecule has 4 heterocycles. The van der Waals surface area contributed by atoms with Gasteiger partial charge in [0.2, 0.25) is 5.91 Å². The van der Waals surface area contributed by atoms with Crippen molar-refractivity contribution in [3.8, 4) is 22.8 Å². The number of rotatable bonds is 8. The topological polar surface area (TPSA) is 112 Å². The van der Waals surface area contributed by atoms with Crippen molar-refractivity contribution in [1.82, 2.24) is 29.5 Å². The molecular weight excluding hydrogens is 506 g/mol. The number of likely N-dealkylation sites (tertiary alicyclic amines) is 1. The molecular formula is C30H33N7O3. The standard InChI is InChI=1S/C30H33N7O3/c31-29-27-28(22-10-12-25(13-11-22)40-24-7-2-1-3-8-24)34-37(30(27)33-21-32-29)20-23-6-4-15-36(23)26(38)9-5-14-35-16-18-39-19-17-35/h1-3,5,7-13,21,23H,4,6,14-20H2,(H2,31,32,33). The van der Waals surface area contributed by atoms with Gasteiger partial charge in [-0.25, -0.2) is 14.6 Å². The molecule has 40 heavy (non-hydrogen) atoms. The normalized spacial score (nSPS) is 18.1. The van der Waals surface area contributed by atoms with Crippen molar-refractivity contribution in [2.75, 3.05) is 45.1 Å². The van der Waals surface area contributed by atoms with Crippen LogP contribution in [-0.2, 0) is 16.1 Å². The van der Waals surface area contributed by atoms with Crippen molar-refractivity contribution >= 4 is 22.8 Å². The van der Waals surface area contributed by atoms with Gasteiger partial charge in [0, 0.05) is 37.8 Å². The van der Waals surface area contributed by atoms with Gasteiger partial charge >= 0.3 is 0 Å². The number of amides is 1. The second kappa shape index (κ2) is 11.8. The van der Waals surface area contributed by atoms with E-state index in [1.807, 2.05) is 70.3 Å². The van der Waals surface area contributed by atoms with Gasteiger partial charge in [-0.05, 0) is 49.2 Å². The van der Waals surface area contributed by atoms with Crippen LogP contribution in [0.15, 0.2) is 73.1 Å². The minimum absolute atomic E-state index is 0.0225. The second-order valence-electron chi connectivity index (χ2n) is 10.1. The van der Waals surface area contributed by atoms with Crippen LogP contribution in [0.5, 0.6) is 11.5 Å². The summed E-state index contributed by atoms with van der Waals surface area (Å²) in [5.74, 6) is 1.91. The largest absolute Gasteiger partial charge is 0.457 e. The number of nitrogens with two attached hydrogens (primary N) is 1. The summed E-state index contributed by atoms with van der Waals surface area (Å²) in [5.41, 5.74) is 8.58. The number of benzene rings is 2. The van der Waals surface area contributed by atoms with Crippen LogP contribution in [0.25, 0.3) is 22.3 Å². The van der Waals surface area contributed by atoms with Crippen LogP contribution in [0.3, 0.4) is 0 Å². The van der Waals surface area contributed by atoms with Crippen LogP contribution in [0.1, 0.15) is 12.8 Å². The highest BCUT2D eigenvalue weighted by atomic mass is 16.5. The van der Waals surface area contributed by atoms with Crippen molar-refractivity contribution in [3.05, 3.63) is 73.1 Å². The van der Waals surface area contributed by atoms with Gasteiger partial charge in [0.1, 0.15) is 29.3 Å². The molecule has 2 saturated heterocycles. The SMILES string of the molecule is Nc1ncnc2c1c(-c1ccc(Oc3ccccc3)cc1)nn2CC1CCCN1C(=O)C=CCN1CCOCC1. The lowest BCUT2D eigenvalue weighted by Crippen LogP contribution is -2.38. The molecule has 0 radical (unpaired) electrons. The second-order valence-corrected chi connectivity index (χ2v) is 10.1. The van der Waals surface area contributed by atoms with Crippen LogP contribution in [0.4, 0.5) is 5.82 Å². The fraction of sp³-hybridized carbons (Fsp3) is 0.333. The molecule has 0 aliphatic carbocycles. The maximum absolute atomic E-state index is 13.1. The van der Waals surface area contributed by atoms with Crippen molar-refractivity contribution in [2.24, 2.45) is 0 Å². The molecule has 6 rings (SSSR count). The monoisotopic (exact) mass is 539 g/mol. The summed E-state index contributed by atoms with van der Waals surface area (Å²) in [7, 11) is 0. The molecule has 2 N–H and O–H groups in total. The fourth-order valence-electron chi connectivity index (χ4n) is 5.36. The summed E-state index contributed by atoms with van der Waals surface area (Å²) >= 11 is 0. The number of aromatic nitrogens is 4. The number of fused-ring (bicyclic) bond motifs is 1. The smallest absolute Gasteiger partial charge is 0.246 e. The summed E-state index contributed by atoms with van der Waals surface area (Å²) < 4.78 is 13.2. The first-order valence-corrected chi connectivity index (χ1v) is 13.7. The van der Waals surface area contributed by atoms with Gasteiger partial charge in [0.15, 0.2) is 5.65 Å². The van der Waals surface area contributed by atoms with E-state index in [1.165, 1.54) is 6.33 Å². The minimum Gasteiger partial charge on any atom is -0.457 e. The lowest BCUT2D eigenvalue weighted by atomic mass is 10.1. The summed E-state index contributed by atoms with van der Waals surface area (Å²) in [4.78, 5) is 26.1. The van der Waals surface area contributed by atoms with E-state index in [1.54, 1.807) is 6.08 Å². The van der Waals surface area contributed by atoms with Crippen molar-refractivity contribution in [1.29, 1.82) is 0 Å². The molecule has 1 unspecified atom stereocenters. The van der Waals surface area contributed by atoms with Crippen molar-refractivity contribution in [2.45, 2.75) is 25.4 Å². The van der Waals surface area contributed by atoms with Gasteiger partial charge in [-0.15, -0.1) is 0 Å². The third-order valence-electron chi connectivity index (χ3n) is 7.44. The van der Waals surface area contributed by atoms with Crippen molar-refractivity contribution < 1.29 is 14.3 Å². The Labute approximate surface area is 233 Å². The third-order valence-corrected chi connectivity index (χ3v) is 7.44. The molecule has 1 amide bonds. The van der Waals surface area contributed by atoms with Crippen LogP contribution in [-0.4, -0.2) is 80.9 Å². The number of nitrogen functional groups attached to an aromatic ring is 1. The summed E-state index contributed by atoms with van der Waals surface area (Å²) in [6.45, 7) is 5.31. The van der Waals surface area contributed by atoms with E-state index >= 15 is 0 Å². The Hall–Kier alpha value is -4.28. The lowest BCUT2D eigenvalue weighted by Gasteiger charge is -2.25. The minimum atomic E-state index is 0.0225. The molecule has 0 spiro atoms. The molecule has 2 fully saturated rings. The summed E-state index contributed by atoms with van der Waals surface area (Å²) in [5, 5.41) is 5.64.